The summed E-state index contributed by atoms with van der Waals surface area (Å²) in [6, 6.07) is -0.475. The van der Waals surface area contributed by atoms with E-state index in [2.05, 4.69) is 14.9 Å². The molecule has 0 aliphatic heterocycles. The molecule has 0 fully saturated rings. The Hall–Kier alpha value is -1.29. The van der Waals surface area contributed by atoms with Crippen LogP contribution in [0.2, 0.25) is 0 Å². The number of nitrogens with one attached hydrogen (secondary N) is 1. The van der Waals surface area contributed by atoms with Crippen LogP contribution in [0, 0.1) is 6.92 Å². The molecule has 0 saturated heterocycles. The number of sulfonamides is 1. The first-order chi connectivity index (χ1) is 9.36. The minimum Gasteiger partial charge on any atom is -0.326 e. The van der Waals surface area contributed by atoms with Crippen LogP contribution >= 0.6 is 11.3 Å². The second kappa shape index (κ2) is 5.60. The van der Waals surface area contributed by atoms with E-state index in [4.69, 9.17) is 5.73 Å². The second-order valence-corrected chi connectivity index (χ2v) is 7.13. The predicted octanol–water partition coefficient (Wildman–Crippen LogP) is 0.683. The Morgan fingerprint density at radius 2 is 2.25 bits per heavy atom. The highest BCUT2D eigenvalue weighted by molar-refractivity contribution is 7.89. The molecule has 2 aromatic heterocycles. The Balaban J connectivity index is 2.32. The zero-order valence-corrected chi connectivity index (χ0v) is 13.1. The van der Waals surface area contributed by atoms with E-state index in [0.29, 0.717) is 16.3 Å². The molecule has 0 aliphatic rings. The summed E-state index contributed by atoms with van der Waals surface area (Å²) in [6.45, 7) is 3.69. The Morgan fingerprint density at radius 3 is 2.80 bits per heavy atom. The number of nitrogens with zero attached hydrogens (tertiary/aromatic N) is 3. The molecule has 2 rings (SSSR count). The number of aromatic nitrogens is 3. The molecule has 2 aromatic rings. The van der Waals surface area contributed by atoms with Crippen LogP contribution in [0.3, 0.4) is 0 Å². The van der Waals surface area contributed by atoms with Gasteiger partial charge in [-0.2, -0.15) is 0 Å². The molecule has 7 nitrogen and oxygen atoms in total. The van der Waals surface area contributed by atoms with Gasteiger partial charge in [-0.25, -0.2) is 13.1 Å². The van der Waals surface area contributed by atoms with Crippen LogP contribution in [0.25, 0.3) is 0 Å². The average Bonchev–Trinajstić information content (AvgIpc) is 2.94. The third-order valence-electron chi connectivity index (χ3n) is 2.91. The first-order valence-electron chi connectivity index (χ1n) is 6.00. The van der Waals surface area contributed by atoms with Crippen LogP contribution in [-0.2, 0) is 23.6 Å². The summed E-state index contributed by atoms with van der Waals surface area (Å²) in [5.74, 6) is 0.552. The van der Waals surface area contributed by atoms with Crippen molar-refractivity contribution in [3.63, 3.8) is 0 Å². The maximum atomic E-state index is 12.5. The van der Waals surface area contributed by atoms with E-state index >= 15 is 0 Å². The zero-order chi connectivity index (χ0) is 14.9. The number of hydrogen-bond donors (Lipinski definition) is 2. The number of nitrogens with two attached hydrogens (primary N) is 1. The van der Waals surface area contributed by atoms with E-state index in [1.165, 1.54) is 17.7 Å². The molecule has 0 spiro atoms. The molecular formula is C11H17N5O2S2. The molecule has 0 aromatic carbocycles. The molecule has 1 unspecified atom stereocenters. The number of aryl methyl sites for hydroxylation is 2. The Labute approximate surface area is 121 Å². The number of hydrogen-bond acceptors (Lipinski definition) is 6. The molecule has 0 radical (unpaired) electrons. The lowest BCUT2D eigenvalue weighted by molar-refractivity contribution is 0.552. The number of thiophene rings is 1. The van der Waals surface area contributed by atoms with Crippen LogP contribution in [0.5, 0.6) is 0 Å². The molecule has 0 bridgehead atoms. The van der Waals surface area contributed by atoms with Gasteiger partial charge in [0.2, 0.25) is 10.0 Å². The van der Waals surface area contributed by atoms with E-state index in [-0.39, 0.29) is 11.4 Å². The summed E-state index contributed by atoms with van der Waals surface area (Å²) in [4.78, 5) is 0.930. The monoisotopic (exact) mass is 315 g/mol. The lowest BCUT2D eigenvalue weighted by atomic mass is 10.3. The van der Waals surface area contributed by atoms with Gasteiger partial charge in [0.05, 0.1) is 6.04 Å². The van der Waals surface area contributed by atoms with Gasteiger partial charge >= 0.3 is 0 Å². The minimum atomic E-state index is -3.63. The van der Waals surface area contributed by atoms with E-state index in [9.17, 15) is 8.42 Å². The van der Waals surface area contributed by atoms with Crippen molar-refractivity contribution >= 4 is 21.4 Å². The second-order valence-electron chi connectivity index (χ2n) is 4.52. The van der Waals surface area contributed by atoms with Crippen molar-refractivity contribution in [2.45, 2.75) is 31.3 Å². The molecular weight excluding hydrogens is 298 g/mol. The van der Waals surface area contributed by atoms with E-state index in [0.717, 1.165) is 0 Å². The lowest BCUT2D eigenvalue weighted by Crippen LogP contribution is -2.29. The minimum absolute atomic E-state index is 0.201. The van der Waals surface area contributed by atoms with Crippen LogP contribution in [0.4, 0.5) is 0 Å². The number of rotatable bonds is 5. The standard InChI is InChI=1S/C11H17N5O2S2/c1-7-5-19-9(4-12)10(7)20(17,18)15-8(2)11-14-13-6-16(11)3/h5-6,8,15H,4,12H2,1-3H3. The maximum absolute atomic E-state index is 12.5. The first-order valence-corrected chi connectivity index (χ1v) is 8.36. The summed E-state index contributed by atoms with van der Waals surface area (Å²) in [5.41, 5.74) is 6.30. The van der Waals surface area contributed by atoms with Crippen molar-refractivity contribution in [1.82, 2.24) is 19.5 Å². The van der Waals surface area contributed by atoms with Gasteiger partial charge < -0.3 is 10.3 Å². The third-order valence-corrected chi connectivity index (χ3v) is 5.93. The van der Waals surface area contributed by atoms with E-state index in [1.807, 2.05) is 0 Å². The third kappa shape index (κ3) is 2.75. The van der Waals surface area contributed by atoms with Crippen molar-refractivity contribution < 1.29 is 8.42 Å². The zero-order valence-electron chi connectivity index (χ0n) is 11.5. The molecule has 0 saturated carbocycles. The SMILES string of the molecule is Cc1csc(CN)c1S(=O)(=O)NC(C)c1nncn1C. The lowest BCUT2D eigenvalue weighted by Gasteiger charge is -2.14. The Kier molecular flexibility index (Phi) is 4.23. The molecule has 1 atom stereocenters. The van der Waals surface area contributed by atoms with Crippen LogP contribution in [0.1, 0.15) is 29.2 Å². The molecule has 0 amide bonds. The molecule has 110 valence electrons. The van der Waals surface area contributed by atoms with Crippen LogP contribution in [0.15, 0.2) is 16.6 Å². The topological polar surface area (TPSA) is 103 Å². The molecule has 9 heteroatoms. The summed E-state index contributed by atoms with van der Waals surface area (Å²) in [7, 11) is -1.87. The van der Waals surface area contributed by atoms with E-state index < -0.39 is 16.1 Å². The molecule has 20 heavy (non-hydrogen) atoms. The summed E-state index contributed by atoms with van der Waals surface area (Å²) in [5, 5.41) is 9.45. The molecule has 3 N–H and O–H groups in total. The van der Waals surface area contributed by atoms with Gasteiger partial charge in [-0.15, -0.1) is 21.5 Å². The Bertz CT molecular complexity index is 704. The summed E-state index contributed by atoms with van der Waals surface area (Å²) in [6.07, 6.45) is 1.53. The normalized spacial score (nSPS) is 13.6. The van der Waals surface area contributed by atoms with Gasteiger partial charge in [0.25, 0.3) is 0 Å². The van der Waals surface area contributed by atoms with Crippen molar-refractivity contribution in [3.05, 3.63) is 28.0 Å². The fourth-order valence-corrected chi connectivity index (χ4v) is 4.92. The van der Waals surface area contributed by atoms with Crippen molar-refractivity contribution in [1.29, 1.82) is 0 Å². The van der Waals surface area contributed by atoms with Gasteiger partial charge in [0.15, 0.2) is 0 Å². The smallest absolute Gasteiger partial charge is 0.242 e. The summed E-state index contributed by atoms with van der Waals surface area (Å²) >= 11 is 1.35. The highest BCUT2D eigenvalue weighted by Gasteiger charge is 2.26. The van der Waals surface area contributed by atoms with Gasteiger partial charge in [0, 0.05) is 18.5 Å². The van der Waals surface area contributed by atoms with Gasteiger partial charge in [-0.05, 0) is 24.8 Å². The van der Waals surface area contributed by atoms with Crippen LogP contribution < -0.4 is 10.5 Å². The van der Waals surface area contributed by atoms with E-state index in [1.54, 1.807) is 30.8 Å². The maximum Gasteiger partial charge on any atom is 0.242 e. The van der Waals surface area contributed by atoms with Crippen molar-refractivity contribution in [2.75, 3.05) is 0 Å². The largest absolute Gasteiger partial charge is 0.326 e. The molecule has 0 aliphatic carbocycles. The predicted molar refractivity (Wildman–Crippen MR) is 76.7 cm³/mol. The van der Waals surface area contributed by atoms with Gasteiger partial charge in [0.1, 0.15) is 17.0 Å². The average molecular weight is 315 g/mol. The quantitative estimate of drug-likeness (QED) is 0.844. The van der Waals surface area contributed by atoms with Crippen molar-refractivity contribution in [2.24, 2.45) is 12.8 Å². The fourth-order valence-electron chi connectivity index (χ4n) is 2.02. The highest BCUT2D eigenvalue weighted by Crippen LogP contribution is 2.27. The Morgan fingerprint density at radius 1 is 1.55 bits per heavy atom. The fraction of sp³-hybridized carbons (Fsp3) is 0.455. The highest BCUT2D eigenvalue weighted by atomic mass is 32.2. The van der Waals surface area contributed by atoms with Gasteiger partial charge in [-0.1, -0.05) is 0 Å². The van der Waals surface area contributed by atoms with Crippen LogP contribution in [-0.4, -0.2) is 23.2 Å². The molecule has 2 heterocycles. The van der Waals surface area contributed by atoms with Gasteiger partial charge in [-0.3, -0.25) is 0 Å². The summed E-state index contributed by atoms with van der Waals surface area (Å²) < 4.78 is 29.3. The van der Waals surface area contributed by atoms with Crippen molar-refractivity contribution in [3.8, 4) is 0 Å². The first kappa shape index (κ1) is 15.1.